The van der Waals surface area contributed by atoms with Crippen LogP contribution in [-0.4, -0.2) is 18.5 Å². The lowest BCUT2D eigenvalue weighted by atomic mass is 9.99. The molecule has 4 rings (SSSR count). The second-order valence-electron chi connectivity index (χ2n) is 6.87. The van der Waals surface area contributed by atoms with Crippen LogP contribution in [0.1, 0.15) is 34.0 Å². The molecular weight excluding hydrogens is 390 g/mol. The molecular formula is C25H19N3O3. The van der Waals surface area contributed by atoms with Crippen LogP contribution in [0.2, 0.25) is 0 Å². The maximum Gasteiger partial charge on any atom is 0.338 e. The van der Waals surface area contributed by atoms with Gasteiger partial charge in [0, 0.05) is 11.3 Å². The summed E-state index contributed by atoms with van der Waals surface area (Å²) in [6.07, 6.45) is 0. The van der Waals surface area contributed by atoms with Crippen LogP contribution in [-0.2, 0) is 9.53 Å². The van der Waals surface area contributed by atoms with Gasteiger partial charge in [0.05, 0.1) is 40.8 Å². The van der Waals surface area contributed by atoms with Crippen LogP contribution in [0.15, 0.2) is 72.8 Å². The van der Waals surface area contributed by atoms with Crippen molar-refractivity contribution < 1.29 is 14.3 Å². The third-order valence-corrected chi connectivity index (χ3v) is 4.87. The van der Waals surface area contributed by atoms with Crippen LogP contribution < -0.4 is 10.6 Å². The van der Waals surface area contributed by atoms with Crippen LogP contribution in [0, 0.1) is 11.3 Å². The first-order chi connectivity index (χ1) is 15.1. The van der Waals surface area contributed by atoms with Gasteiger partial charge in [0.1, 0.15) is 0 Å². The molecule has 1 amide bonds. The minimum absolute atomic E-state index is 0.268. The van der Waals surface area contributed by atoms with Gasteiger partial charge in [-0.2, -0.15) is 5.26 Å². The predicted octanol–water partition coefficient (Wildman–Crippen LogP) is 4.67. The third kappa shape index (κ3) is 4.02. The standard InChI is InChI=1S/C25H19N3O3/c1-2-31-25(30)18-10-13-20-21(14-18)28-24(29)22(20)23(17-6-4-3-5-7-17)27-19-11-8-16(15-26)9-12-19/h3-14,27H,2H2,1H3,(H,28,29)/b23-22-. The fourth-order valence-corrected chi connectivity index (χ4v) is 3.42. The maximum atomic E-state index is 13.0. The molecule has 1 aliphatic rings. The first-order valence-corrected chi connectivity index (χ1v) is 9.80. The zero-order chi connectivity index (χ0) is 21.8. The molecule has 0 unspecified atom stereocenters. The quantitative estimate of drug-likeness (QED) is 0.472. The zero-order valence-electron chi connectivity index (χ0n) is 16.8. The molecule has 0 radical (unpaired) electrons. The SMILES string of the molecule is CCOC(=O)c1ccc2c(c1)NC(=O)/C2=C(\Nc1ccc(C#N)cc1)c1ccccc1. The number of nitrogens with zero attached hydrogens (tertiary/aromatic N) is 1. The molecule has 6 heteroatoms. The first-order valence-electron chi connectivity index (χ1n) is 9.80. The minimum atomic E-state index is -0.434. The second-order valence-corrected chi connectivity index (χ2v) is 6.87. The summed E-state index contributed by atoms with van der Waals surface area (Å²) in [6, 6.07) is 23.7. The van der Waals surface area contributed by atoms with Gasteiger partial charge in [-0.05, 0) is 48.9 Å². The molecule has 6 nitrogen and oxygen atoms in total. The number of amides is 1. The van der Waals surface area contributed by atoms with E-state index in [-0.39, 0.29) is 12.5 Å². The minimum Gasteiger partial charge on any atom is -0.462 e. The van der Waals surface area contributed by atoms with Crippen molar-refractivity contribution in [2.75, 3.05) is 17.2 Å². The van der Waals surface area contributed by atoms with Crippen LogP contribution in [0.25, 0.3) is 11.3 Å². The molecule has 1 heterocycles. The van der Waals surface area contributed by atoms with Gasteiger partial charge in [0.2, 0.25) is 0 Å². The predicted molar refractivity (Wildman–Crippen MR) is 119 cm³/mol. The Kier molecular flexibility index (Phi) is 5.50. The Morgan fingerprint density at radius 3 is 2.45 bits per heavy atom. The number of nitrogens with one attached hydrogen (secondary N) is 2. The third-order valence-electron chi connectivity index (χ3n) is 4.87. The van der Waals surface area contributed by atoms with E-state index in [9.17, 15) is 9.59 Å². The van der Waals surface area contributed by atoms with Crippen molar-refractivity contribution in [1.82, 2.24) is 0 Å². The number of benzene rings is 3. The Balaban J connectivity index is 1.82. The lowest BCUT2D eigenvalue weighted by molar-refractivity contribution is -0.110. The number of ether oxygens (including phenoxy) is 1. The topological polar surface area (TPSA) is 91.2 Å². The highest BCUT2D eigenvalue weighted by molar-refractivity contribution is 6.37. The Morgan fingerprint density at radius 1 is 1.03 bits per heavy atom. The Labute approximate surface area is 179 Å². The lowest BCUT2D eigenvalue weighted by Crippen LogP contribution is -2.10. The van der Waals surface area contributed by atoms with E-state index in [0.29, 0.717) is 33.6 Å². The summed E-state index contributed by atoms with van der Waals surface area (Å²) in [6.45, 7) is 2.02. The molecule has 31 heavy (non-hydrogen) atoms. The molecule has 0 aromatic heterocycles. The van der Waals surface area contributed by atoms with Gasteiger partial charge < -0.3 is 15.4 Å². The molecule has 1 aliphatic heterocycles. The molecule has 152 valence electrons. The molecule has 0 spiro atoms. The number of carbonyl (C=O) groups is 2. The number of hydrogen-bond donors (Lipinski definition) is 2. The highest BCUT2D eigenvalue weighted by Gasteiger charge is 2.29. The lowest BCUT2D eigenvalue weighted by Gasteiger charge is -2.15. The van der Waals surface area contributed by atoms with Crippen LogP contribution in [0.5, 0.6) is 0 Å². The Hall–Kier alpha value is -4.37. The summed E-state index contributed by atoms with van der Waals surface area (Å²) in [5, 5.41) is 15.2. The Bertz CT molecular complexity index is 1220. The fraction of sp³-hybridized carbons (Fsp3) is 0.0800. The van der Waals surface area contributed by atoms with Crippen molar-refractivity contribution >= 4 is 34.5 Å². The summed E-state index contributed by atoms with van der Waals surface area (Å²) in [5.74, 6) is -0.702. The molecule has 0 atom stereocenters. The van der Waals surface area contributed by atoms with Crippen LogP contribution in [0.3, 0.4) is 0 Å². The number of nitriles is 1. The van der Waals surface area contributed by atoms with Crippen LogP contribution >= 0.6 is 0 Å². The van der Waals surface area contributed by atoms with Gasteiger partial charge in [0.15, 0.2) is 0 Å². The Morgan fingerprint density at radius 2 is 1.77 bits per heavy atom. The van der Waals surface area contributed by atoms with Crippen molar-refractivity contribution in [3.8, 4) is 6.07 Å². The van der Waals surface area contributed by atoms with E-state index in [4.69, 9.17) is 10.00 Å². The van der Waals surface area contributed by atoms with E-state index in [2.05, 4.69) is 16.7 Å². The maximum absolute atomic E-state index is 13.0. The van der Waals surface area contributed by atoms with Gasteiger partial charge in [-0.1, -0.05) is 36.4 Å². The summed E-state index contributed by atoms with van der Waals surface area (Å²) < 4.78 is 5.06. The molecule has 0 saturated heterocycles. The van der Waals surface area contributed by atoms with Crippen molar-refractivity contribution in [3.63, 3.8) is 0 Å². The molecule has 3 aromatic carbocycles. The largest absolute Gasteiger partial charge is 0.462 e. The number of fused-ring (bicyclic) bond motifs is 1. The molecule has 2 N–H and O–H groups in total. The normalized spacial score (nSPS) is 13.6. The van der Waals surface area contributed by atoms with E-state index in [0.717, 1.165) is 11.3 Å². The average Bonchev–Trinajstić information content (AvgIpc) is 3.13. The number of hydrogen-bond acceptors (Lipinski definition) is 5. The fourth-order valence-electron chi connectivity index (χ4n) is 3.42. The van der Waals surface area contributed by atoms with Crippen molar-refractivity contribution in [2.24, 2.45) is 0 Å². The van der Waals surface area contributed by atoms with E-state index in [1.807, 2.05) is 30.3 Å². The highest BCUT2D eigenvalue weighted by Crippen LogP contribution is 2.38. The smallest absolute Gasteiger partial charge is 0.338 e. The molecule has 3 aromatic rings. The summed E-state index contributed by atoms with van der Waals surface area (Å²) in [5.41, 5.74) is 4.86. The number of anilines is 2. The van der Waals surface area contributed by atoms with Crippen molar-refractivity contribution in [2.45, 2.75) is 6.92 Å². The molecule has 0 aliphatic carbocycles. The van der Waals surface area contributed by atoms with Crippen molar-refractivity contribution in [1.29, 1.82) is 5.26 Å². The van der Waals surface area contributed by atoms with Gasteiger partial charge >= 0.3 is 5.97 Å². The average molecular weight is 409 g/mol. The number of rotatable bonds is 5. The number of esters is 1. The first kappa shape index (κ1) is 19.9. The highest BCUT2D eigenvalue weighted by atomic mass is 16.5. The molecule has 0 bridgehead atoms. The van der Waals surface area contributed by atoms with E-state index in [1.165, 1.54) is 0 Å². The van der Waals surface area contributed by atoms with Crippen molar-refractivity contribution in [3.05, 3.63) is 95.1 Å². The monoisotopic (exact) mass is 409 g/mol. The van der Waals surface area contributed by atoms with E-state index in [1.54, 1.807) is 49.4 Å². The van der Waals surface area contributed by atoms with Gasteiger partial charge in [-0.3, -0.25) is 4.79 Å². The summed E-state index contributed by atoms with van der Waals surface area (Å²) in [4.78, 5) is 25.0. The molecule has 0 fully saturated rings. The number of carbonyl (C=O) groups excluding carboxylic acids is 2. The van der Waals surface area contributed by atoms with Gasteiger partial charge in [0.25, 0.3) is 5.91 Å². The van der Waals surface area contributed by atoms with Crippen LogP contribution in [0.4, 0.5) is 11.4 Å². The summed E-state index contributed by atoms with van der Waals surface area (Å²) in [7, 11) is 0. The van der Waals surface area contributed by atoms with E-state index >= 15 is 0 Å². The van der Waals surface area contributed by atoms with E-state index < -0.39 is 5.97 Å². The molecule has 0 saturated carbocycles. The van der Waals surface area contributed by atoms with Gasteiger partial charge in [-0.15, -0.1) is 0 Å². The second kappa shape index (κ2) is 8.56. The zero-order valence-corrected chi connectivity index (χ0v) is 16.8. The van der Waals surface area contributed by atoms with Gasteiger partial charge in [-0.25, -0.2) is 4.79 Å². The summed E-state index contributed by atoms with van der Waals surface area (Å²) >= 11 is 0.